The van der Waals surface area contributed by atoms with Gasteiger partial charge in [0, 0.05) is 12.8 Å². The van der Waals surface area contributed by atoms with Crippen molar-refractivity contribution in [3.8, 4) is 0 Å². The van der Waals surface area contributed by atoms with Gasteiger partial charge in [0.15, 0.2) is 0 Å². The van der Waals surface area contributed by atoms with Gasteiger partial charge in [0.2, 0.25) is 5.91 Å². The van der Waals surface area contributed by atoms with E-state index in [1.807, 2.05) is 6.08 Å². The summed E-state index contributed by atoms with van der Waals surface area (Å²) in [5.41, 5.74) is 0. The van der Waals surface area contributed by atoms with Crippen molar-refractivity contribution in [2.45, 2.75) is 366 Å². The third-order valence-corrected chi connectivity index (χ3v) is 15.5. The summed E-state index contributed by atoms with van der Waals surface area (Å²) in [5.74, 6) is -0.0683. The van der Waals surface area contributed by atoms with E-state index in [4.69, 9.17) is 4.74 Å². The molecule has 0 aromatic heterocycles. The van der Waals surface area contributed by atoms with Crippen LogP contribution < -0.4 is 5.32 Å². The number of carbonyl (C=O) groups excluding carboxylic acids is 2. The van der Waals surface area contributed by atoms with Crippen molar-refractivity contribution in [3.05, 3.63) is 60.8 Å². The summed E-state index contributed by atoms with van der Waals surface area (Å²) in [6, 6.07) is -0.628. The molecule has 0 aromatic rings. The summed E-state index contributed by atoms with van der Waals surface area (Å²) in [7, 11) is 0. The van der Waals surface area contributed by atoms with Gasteiger partial charge in [-0.1, -0.05) is 306 Å². The van der Waals surface area contributed by atoms with Gasteiger partial charge < -0.3 is 20.3 Å². The summed E-state index contributed by atoms with van der Waals surface area (Å²) in [6.45, 7) is 4.88. The molecule has 450 valence electrons. The number of esters is 1. The molecule has 0 saturated carbocycles. The number of nitrogens with one attached hydrogen (secondary N) is 1. The zero-order valence-corrected chi connectivity index (χ0v) is 51.4. The highest BCUT2D eigenvalue weighted by Crippen LogP contribution is 2.17. The number of ether oxygens (including phenoxy) is 1. The molecule has 0 aliphatic rings. The lowest BCUT2D eigenvalue weighted by Gasteiger charge is -2.20. The molecule has 77 heavy (non-hydrogen) atoms. The third-order valence-electron chi connectivity index (χ3n) is 15.5. The van der Waals surface area contributed by atoms with Gasteiger partial charge in [-0.3, -0.25) is 9.59 Å². The first kappa shape index (κ1) is 74.6. The van der Waals surface area contributed by atoms with E-state index in [0.29, 0.717) is 19.4 Å². The molecule has 2 unspecified atom stereocenters. The quantitative estimate of drug-likeness (QED) is 0.0320. The molecule has 0 fully saturated rings. The van der Waals surface area contributed by atoms with Gasteiger partial charge in [-0.15, -0.1) is 0 Å². The zero-order valence-electron chi connectivity index (χ0n) is 51.4. The Morgan fingerprint density at radius 3 is 1.01 bits per heavy atom. The number of amides is 1. The molecule has 0 radical (unpaired) electrons. The van der Waals surface area contributed by atoms with Gasteiger partial charge in [-0.2, -0.15) is 0 Å². The minimum absolute atomic E-state index is 0.00150. The molecular formula is C71H131NO5. The first-order chi connectivity index (χ1) is 38.0. The molecule has 6 heteroatoms. The minimum atomic E-state index is -0.844. The third kappa shape index (κ3) is 62.6. The Morgan fingerprint density at radius 2 is 0.649 bits per heavy atom. The van der Waals surface area contributed by atoms with Crippen LogP contribution in [0.25, 0.3) is 0 Å². The van der Waals surface area contributed by atoms with Crippen LogP contribution in [0.5, 0.6) is 0 Å². The molecule has 0 saturated heterocycles. The average molecular weight is 1080 g/mol. The molecule has 3 N–H and O–H groups in total. The lowest BCUT2D eigenvalue weighted by molar-refractivity contribution is -0.143. The summed E-state index contributed by atoms with van der Waals surface area (Å²) in [6.07, 6.45) is 87.2. The average Bonchev–Trinajstić information content (AvgIpc) is 3.43. The van der Waals surface area contributed by atoms with Crippen LogP contribution in [-0.4, -0.2) is 47.4 Å². The zero-order chi connectivity index (χ0) is 55.7. The van der Waals surface area contributed by atoms with Crippen molar-refractivity contribution in [1.29, 1.82) is 0 Å². The van der Waals surface area contributed by atoms with Crippen molar-refractivity contribution in [2.75, 3.05) is 13.2 Å². The maximum atomic E-state index is 12.5. The predicted molar refractivity (Wildman–Crippen MR) is 338 cm³/mol. The van der Waals surface area contributed by atoms with E-state index in [1.54, 1.807) is 6.08 Å². The second kappa shape index (κ2) is 66.1. The van der Waals surface area contributed by atoms with Crippen LogP contribution in [-0.2, 0) is 14.3 Å². The first-order valence-corrected chi connectivity index (χ1v) is 34.1. The Balaban J connectivity index is 3.41. The van der Waals surface area contributed by atoms with Crippen molar-refractivity contribution in [2.24, 2.45) is 0 Å². The van der Waals surface area contributed by atoms with Crippen molar-refractivity contribution >= 4 is 11.9 Å². The van der Waals surface area contributed by atoms with E-state index >= 15 is 0 Å². The van der Waals surface area contributed by atoms with E-state index in [-0.39, 0.29) is 18.5 Å². The minimum Gasteiger partial charge on any atom is -0.466 e. The SMILES string of the molecule is CCCCC/C=C\C/C=C\CCCCCCCC(=O)OCCCCCCCCCCC/C=C\C/C=C\CCCCCCCCCCCCCCCCCC(=O)NC(CO)C(O)/C=C/CCCCCCCCCCCCCC. The van der Waals surface area contributed by atoms with Crippen LogP contribution in [0.1, 0.15) is 354 Å². The summed E-state index contributed by atoms with van der Waals surface area (Å²) >= 11 is 0. The van der Waals surface area contributed by atoms with Crippen LogP contribution in [0, 0.1) is 0 Å². The number of hydrogen-bond acceptors (Lipinski definition) is 5. The summed E-state index contributed by atoms with van der Waals surface area (Å²) < 4.78 is 5.48. The Hall–Kier alpha value is -2.44. The van der Waals surface area contributed by atoms with Gasteiger partial charge in [0.05, 0.1) is 25.4 Å². The van der Waals surface area contributed by atoms with Crippen molar-refractivity contribution in [3.63, 3.8) is 0 Å². The van der Waals surface area contributed by atoms with E-state index in [0.717, 1.165) is 57.8 Å². The van der Waals surface area contributed by atoms with Crippen LogP contribution in [0.4, 0.5) is 0 Å². The topological polar surface area (TPSA) is 95.9 Å². The normalized spacial score (nSPS) is 12.9. The van der Waals surface area contributed by atoms with E-state index in [1.165, 1.54) is 270 Å². The number of rotatable bonds is 63. The Labute approximate surface area is 479 Å². The standard InChI is InChI=1S/C71H131NO5/c1-3-5-7-9-11-13-15-17-36-41-45-49-53-57-61-65-71(76)77-66-62-58-54-50-46-42-38-35-33-31-29-27-25-23-21-19-20-22-24-26-28-30-32-34-37-40-44-48-52-56-60-64-70(75)72-68(67-73)69(74)63-59-55-51-47-43-39-18-16-14-12-10-8-6-4-2/h11,13,17,21,23,27,29,36,59,63,68-69,73-74H,3-10,12,14-16,18-20,22,24-26,28,30-35,37-58,60-62,64-67H2,1-2H3,(H,72,75)/b13-11-,23-21-,29-27-,36-17-,63-59+. The molecule has 0 aromatic carbocycles. The second-order valence-electron chi connectivity index (χ2n) is 23.1. The highest BCUT2D eigenvalue weighted by molar-refractivity contribution is 5.76. The number of unbranched alkanes of at least 4 members (excludes halogenated alkanes) is 44. The molecule has 0 aliphatic heterocycles. The number of carbonyl (C=O) groups is 2. The molecule has 0 aliphatic carbocycles. The maximum Gasteiger partial charge on any atom is 0.305 e. The fourth-order valence-corrected chi connectivity index (χ4v) is 10.3. The summed E-state index contributed by atoms with van der Waals surface area (Å²) in [4.78, 5) is 24.5. The highest BCUT2D eigenvalue weighted by Gasteiger charge is 2.18. The van der Waals surface area contributed by atoms with E-state index in [9.17, 15) is 19.8 Å². The molecule has 1 amide bonds. The molecule has 0 bridgehead atoms. The van der Waals surface area contributed by atoms with Crippen molar-refractivity contribution in [1.82, 2.24) is 5.32 Å². The molecule has 0 spiro atoms. The number of aliphatic hydroxyl groups excluding tert-OH is 2. The van der Waals surface area contributed by atoms with E-state index < -0.39 is 12.1 Å². The Bertz CT molecular complexity index is 1340. The van der Waals surface area contributed by atoms with Crippen LogP contribution >= 0.6 is 0 Å². The van der Waals surface area contributed by atoms with E-state index in [2.05, 4.69) is 67.8 Å². The molecule has 0 heterocycles. The molecule has 6 nitrogen and oxygen atoms in total. The highest BCUT2D eigenvalue weighted by atomic mass is 16.5. The van der Waals surface area contributed by atoms with Gasteiger partial charge in [0.1, 0.15) is 0 Å². The van der Waals surface area contributed by atoms with Crippen LogP contribution in [0.3, 0.4) is 0 Å². The number of allylic oxidation sites excluding steroid dienone is 9. The molecular weight excluding hydrogens is 947 g/mol. The predicted octanol–water partition coefficient (Wildman–Crippen LogP) is 21.9. The Kier molecular flexibility index (Phi) is 64.0. The smallest absolute Gasteiger partial charge is 0.305 e. The number of hydrogen-bond donors (Lipinski definition) is 3. The first-order valence-electron chi connectivity index (χ1n) is 34.1. The second-order valence-corrected chi connectivity index (χ2v) is 23.1. The Morgan fingerprint density at radius 1 is 0.364 bits per heavy atom. The van der Waals surface area contributed by atoms with Gasteiger partial charge in [-0.25, -0.2) is 0 Å². The lowest BCUT2D eigenvalue weighted by atomic mass is 10.0. The largest absolute Gasteiger partial charge is 0.466 e. The molecule has 2 atom stereocenters. The summed E-state index contributed by atoms with van der Waals surface area (Å²) in [5, 5.41) is 23.1. The van der Waals surface area contributed by atoms with Crippen LogP contribution in [0.2, 0.25) is 0 Å². The fraction of sp³-hybridized carbons (Fsp3) is 0.831. The fourth-order valence-electron chi connectivity index (χ4n) is 10.3. The van der Waals surface area contributed by atoms with Gasteiger partial charge in [0.25, 0.3) is 0 Å². The lowest BCUT2D eigenvalue weighted by Crippen LogP contribution is -2.45. The van der Waals surface area contributed by atoms with Crippen LogP contribution in [0.15, 0.2) is 60.8 Å². The molecule has 0 rings (SSSR count). The monoisotopic (exact) mass is 1080 g/mol. The van der Waals surface area contributed by atoms with Crippen molar-refractivity contribution < 1.29 is 24.5 Å². The van der Waals surface area contributed by atoms with Gasteiger partial charge in [-0.05, 0) is 96.3 Å². The number of aliphatic hydroxyl groups is 2. The van der Waals surface area contributed by atoms with Gasteiger partial charge >= 0.3 is 5.97 Å². The maximum absolute atomic E-state index is 12.5.